The predicted molar refractivity (Wildman–Crippen MR) is 58.6 cm³/mol. The fraction of sp³-hybridized carbons (Fsp3) is 0.167. The topological polar surface area (TPSA) is 46.0 Å². The van der Waals surface area contributed by atoms with E-state index in [1.165, 1.54) is 0 Å². The highest BCUT2D eigenvalue weighted by Gasteiger charge is 2.08. The van der Waals surface area contributed by atoms with E-state index in [0.29, 0.717) is 11.4 Å². The van der Waals surface area contributed by atoms with E-state index in [4.69, 9.17) is 0 Å². The van der Waals surface area contributed by atoms with Crippen molar-refractivity contribution in [2.24, 2.45) is 0 Å². The summed E-state index contributed by atoms with van der Waals surface area (Å²) < 4.78 is 0. The van der Waals surface area contributed by atoms with E-state index in [1.54, 1.807) is 18.5 Å². The van der Waals surface area contributed by atoms with Gasteiger partial charge in [-0.25, -0.2) is 0 Å². The Morgan fingerprint density at radius 2 is 1.80 bits per heavy atom. The zero-order valence-corrected chi connectivity index (χ0v) is 8.73. The summed E-state index contributed by atoms with van der Waals surface area (Å²) in [7, 11) is 0. The van der Waals surface area contributed by atoms with Gasteiger partial charge in [0, 0.05) is 12.4 Å². The first-order valence-electron chi connectivity index (χ1n) is 4.76. The molecule has 3 nitrogen and oxygen atoms in total. The molecule has 0 saturated heterocycles. The van der Waals surface area contributed by atoms with Crippen molar-refractivity contribution < 1.29 is 5.11 Å². The van der Waals surface area contributed by atoms with E-state index in [2.05, 4.69) is 9.97 Å². The summed E-state index contributed by atoms with van der Waals surface area (Å²) in [5, 5.41) is 9.84. The molecule has 15 heavy (non-hydrogen) atoms. The average Bonchev–Trinajstić information content (AvgIpc) is 2.22. The third kappa shape index (κ3) is 1.81. The van der Waals surface area contributed by atoms with Crippen LogP contribution in [-0.2, 0) is 0 Å². The third-order valence-corrected chi connectivity index (χ3v) is 2.28. The summed E-state index contributed by atoms with van der Waals surface area (Å²) >= 11 is 0. The molecule has 0 aliphatic carbocycles. The normalized spacial score (nSPS) is 10.3. The van der Waals surface area contributed by atoms with Crippen LogP contribution in [0.4, 0.5) is 0 Å². The maximum absolute atomic E-state index is 9.84. The fourth-order valence-electron chi connectivity index (χ4n) is 1.40. The van der Waals surface area contributed by atoms with Crippen molar-refractivity contribution >= 4 is 0 Å². The third-order valence-electron chi connectivity index (χ3n) is 2.28. The smallest absolute Gasteiger partial charge is 0.146 e. The Labute approximate surface area is 88.5 Å². The van der Waals surface area contributed by atoms with E-state index in [1.807, 2.05) is 26.0 Å². The van der Waals surface area contributed by atoms with Gasteiger partial charge in [0.1, 0.15) is 11.4 Å². The highest BCUT2D eigenvalue weighted by molar-refractivity contribution is 5.64. The molecule has 0 atom stereocenters. The van der Waals surface area contributed by atoms with Crippen LogP contribution in [0.5, 0.6) is 5.75 Å². The quantitative estimate of drug-likeness (QED) is 0.769. The first-order chi connectivity index (χ1) is 7.18. The second-order valence-electron chi connectivity index (χ2n) is 3.54. The summed E-state index contributed by atoms with van der Waals surface area (Å²) in [6, 6.07) is 5.59. The predicted octanol–water partition coefficient (Wildman–Crippen LogP) is 2.47. The number of pyridine rings is 2. The molecule has 0 unspecified atom stereocenters. The Morgan fingerprint density at radius 3 is 2.53 bits per heavy atom. The molecule has 0 saturated carbocycles. The average molecular weight is 200 g/mol. The molecular weight excluding hydrogens is 188 g/mol. The molecule has 0 amide bonds. The van der Waals surface area contributed by atoms with Crippen molar-refractivity contribution in [2.45, 2.75) is 13.8 Å². The molecule has 1 N–H and O–H groups in total. The van der Waals surface area contributed by atoms with Crippen LogP contribution in [0.25, 0.3) is 11.4 Å². The molecule has 2 aromatic rings. The summed E-state index contributed by atoms with van der Waals surface area (Å²) in [6.07, 6.45) is 3.39. The van der Waals surface area contributed by atoms with Gasteiger partial charge in [0.15, 0.2) is 0 Å². The van der Waals surface area contributed by atoms with Gasteiger partial charge < -0.3 is 5.11 Å². The number of hydrogen-bond acceptors (Lipinski definition) is 3. The summed E-state index contributed by atoms with van der Waals surface area (Å²) in [5.41, 5.74) is 3.15. The van der Waals surface area contributed by atoms with Gasteiger partial charge in [-0.3, -0.25) is 9.97 Å². The van der Waals surface area contributed by atoms with Crippen molar-refractivity contribution in [3.05, 3.63) is 41.7 Å². The molecule has 2 rings (SSSR count). The van der Waals surface area contributed by atoms with Crippen molar-refractivity contribution in [3.63, 3.8) is 0 Å². The molecule has 0 fully saturated rings. The molecule has 0 radical (unpaired) electrons. The van der Waals surface area contributed by atoms with Crippen LogP contribution in [0.1, 0.15) is 11.1 Å². The Hall–Kier alpha value is -1.90. The first kappa shape index (κ1) is 9.65. The van der Waals surface area contributed by atoms with E-state index < -0.39 is 0 Å². The second-order valence-corrected chi connectivity index (χ2v) is 3.54. The molecule has 2 heterocycles. The maximum Gasteiger partial charge on any atom is 0.146 e. The number of rotatable bonds is 1. The van der Waals surface area contributed by atoms with Gasteiger partial charge in [0.2, 0.25) is 0 Å². The molecule has 2 aromatic heterocycles. The Kier molecular flexibility index (Phi) is 2.37. The summed E-state index contributed by atoms with van der Waals surface area (Å²) in [5.74, 6) is 0.204. The van der Waals surface area contributed by atoms with Gasteiger partial charge in [-0.15, -0.1) is 0 Å². The van der Waals surface area contributed by atoms with Crippen molar-refractivity contribution in [3.8, 4) is 17.1 Å². The number of aromatic hydroxyl groups is 1. The minimum atomic E-state index is 0.204. The number of aryl methyl sites for hydroxylation is 2. The monoisotopic (exact) mass is 200 g/mol. The second kappa shape index (κ2) is 3.69. The standard InChI is InChI=1S/C12H12N2O/c1-8-3-5-13-10(7-8)11-12(15)9(2)4-6-14-11/h3-7,15H,1-2H3. The summed E-state index contributed by atoms with van der Waals surface area (Å²) in [6.45, 7) is 3.83. The van der Waals surface area contributed by atoms with Crippen LogP contribution in [0.2, 0.25) is 0 Å². The zero-order valence-electron chi connectivity index (χ0n) is 8.73. The molecule has 3 heteroatoms. The van der Waals surface area contributed by atoms with Crippen molar-refractivity contribution in [1.82, 2.24) is 9.97 Å². The number of hydrogen-bond donors (Lipinski definition) is 1. The summed E-state index contributed by atoms with van der Waals surface area (Å²) in [4.78, 5) is 8.33. The van der Waals surface area contributed by atoms with Crippen LogP contribution >= 0.6 is 0 Å². The highest BCUT2D eigenvalue weighted by Crippen LogP contribution is 2.27. The van der Waals surface area contributed by atoms with Gasteiger partial charge in [0.05, 0.1) is 5.69 Å². The molecule has 76 valence electrons. The molecule has 0 aliphatic rings. The first-order valence-corrected chi connectivity index (χ1v) is 4.76. The maximum atomic E-state index is 9.84. The highest BCUT2D eigenvalue weighted by atomic mass is 16.3. The molecule has 0 bridgehead atoms. The van der Waals surface area contributed by atoms with Crippen LogP contribution in [-0.4, -0.2) is 15.1 Å². The molecule has 0 aliphatic heterocycles. The van der Waals surface area contributed by atoms with Crippen molar-refractivity contribution in [1.29, 1.82) is 0 Å². The number of nitrogens with zero attached hydrogens (tertiary/aromatic N) is 2. The molecule has 0 spiro atoms. The van der Waals surface area contributed by atoms with Gasteiger partial charge in [0.25, 0.3) is 0 Å². The lowest BCUT2D eigenvalue weighted by atomic mass is 10.1. The molecular formula is C12H12N2O. The van der Waals surface area contributed by atoms with Crippen molar-refractivity contribution in [2.75, 3.05) is 0 Å². The lowest BCUT2D eigenvalue weighted by Gasteiger charge is -2.05. The van der Waals surface area contributed by atoms with E-state index >= 15 is 0 Å². The van der Waals surface area contributed by atoms with Crippen LogP contribution in [0, 0.1) is 13.8 Å². The van der Waals surface area contributed by atoms with Gasteiger partial charge in [-0.05, 0) is 43.2 Å². The molecule has 0 aromatic carbocycles. The minimum absolute atomic E-state index is 0.204. The van der Waals surface area contributed by atoms with Gasteiger partial charge >= 0.3 is 0 Å². The Balaban J connectivity index is 2.59. The zero-order chi connectivity index (χ0) is 10.8. The number of aromatic nitrogens is 2. The van der Waals surface area contributed by atoms with Gasteiger partial charge in [-0.1, -0.05) is 0 Å². The Bertz CT molecular complexity index is 495. The van der Waals surface area contributed by atoms with Crippen LogP contribution in [0.15, 0.2) is 30.6 Å². The lowest BCUT2D eigenvalue weighted by Crippen LogP contribution is -1.90. The minimum Gasteiger partial charge on any atom is -0.505 e. The van der Waals surface area contributed by atoms with E-state index in [0.717, 1.165) is 11.1 Å². The lowest BCUT2D eigenvalue weighted by molar-refractivity contribution is 0.470. The fourth-order valence-corrected chi connectivity index (χ4v) is 1.40. The largest absolute Gasteiger partial charge is 0.505 e. The van der Waals surface area contributed by atoms with E-state index in [-0.39, 0.29) is 5.75 Å². The van der Waals surface area contributed by atoms with Gasteiger partial charge in [-0.2, -0.15) is 0 Å². The van der Waals surface area contributed by atoms with Crippen LogP contribution in [0.3, 0.4) is 0 Å². The Morgan fingerprint density at radius 1 is 1.07 bits per heavy atom. The van der Waals surface area contributed by atoms with E-state index in [9.17, 15) is 5.11 Å². The SMILES string of the molecule is Cc1ccnc(-c2nccc(C)c2O)c1. The van der Waals surface area contributed by atoms with Crippen LogP contribution < -0.4 is 0 Å².